The van der Waals surface area contributed by atoms with Crippen molar-refractivity contribution in [3.63, 3.8) is 0 Å². The third-order valence-corrected chi connectivity index (χ3v) is 6.47. The van der Waals surface area contributed by atoms with E-state index in [2.05, 4.69) is 6.92 Å². The zero-order valence-electron chi connectivity index (χ0n) is 23.3. The predicted molar refractivity (Wildman–Crippen MR) is 152 cm³/mol. The van der Waals surface area contributed by atoms with E-state index in [-0.39, 0.29) is 18.7 Å². The fourth-order valence-corrected chi connectivity index (χ4v) is 4.16. The van der Waals surface area contributed by atoms with Crippen LogP contribution < -0.4 is 0 Å². The maximum absolute atomic E-state index is 12.5. The highest BCUT2D eigenvalue weighted by Gasteiger charge is 2.20. The molecule has 0 aromatic heterocycles. The average molecular weight is 531 g/mol. The monoisotopic (exact) mass is 530 g/mol. The van der Waals surface area contributed by atoms with Crippen LogP contribution in [0.5, 0.6) is 0 Å². The first-order valence-electron chi connectivity index (χ1n) is 13.7. The summed E-state index contributed by atoms with van der Waals surface area (Å²) in [5, 5.41) is 0. The van der Waals surface area contributed by atoms with Crippen molar-refractivity contribution < 1.29 is 28.6 Å². The molecule has 2 atom stereocenters. The topological polar surface area (TPSA) is 78.9 Å². The third-order valence-electron chi connectivity index (χ3n) is 6.47. The Bertz CT molecular complexity index is 1210. The molecule has 0 heterocycles. The van der Waals surface area contributed by atoms with Crippen LogP contribution in [-0.2, 0) is 19.0 Å². The van der Waals surface area contributed by atoms with E-state index in [1.165, 1.54) is 26.2 Å². The molecule has 0 aliphatic heterocycles. The smallest absolute Gasteiger partial charge is 0.347 e. The number of esters is 3. The molecule has 206 valence electrons. The number of unbranched alkanes of at least 4 members (excludes halogenated alkanes) is 3. The lowest BCUT2D eigenvalue weighted by Gasteiger charge is -2.13. The fourth-order valence-electron chi connectivity index (χ4n) is 4.16. The molecular formula is C33H38O6. The van der Waals surface area contributed by atoms with E-state index in [0.717, 1.165) is 35.1 Å². The highest BCUT2D eigenvalue weighted by atomic mass is 16.6. The first-order valence-corrected chi connectivity index (χ1v) is 13.7. The van der Waals surface area contributed by atoms with Crippen LogP contribution in [0.3, 0.4) is 0 Å². The molecule has 0 amide bonds. The van der Waals surface area contributed by atoms with E-state index in [0.29, 0.717) is 11.1 Å². The summed E-state index contributed by atoms with van der Waals surface area (Å²) in [7, 11) is 0. The number of benzene rings is 3. The Hall–Kier alpha value is -3.93. The normalized spacial score (nSPS) is 12.3. The average Bonchev–Trinajstić information content (AvgIpc) is 2.95. The van der Waals surface area contributed by atoms with Gasteiger partial charge in [0.15, 0.2) is 6.10 Å². The van der Waals surface area contributed by atoms with Crippen LogP contribution in [0.25, 0.3) is 22.3 Å². The van der Waals surface area contributed by atoms with Crippen LogP contribution in [0.15, 0.2) is 72.8 Å². The van der Waals surface area contributed by atoms with Crippen LogP contribution in [-0.4, -0.2) is 36.7 Å². The summed E-state index contributed by atoms with van der Waals surface area (Å²) in [4.78, 5) is 36.5. The van der Waals surface area contributed by atoms with E-state index in [4.69, 9.17) is 14.2 Å². The van der Waals surface area contributed by atoms with Gasteiger partial charge in [-0.05, 0) is 80.1 Å². The van der Waals surface area contributed by atoms with Crippen LogP contribution in [0.2, 0.25) is 0 Å². The molecule has 0 spiro atoms. The Morgan fingerprint density at radius 1 is 0.615 bits per heavy atom. The van der Waals surface area contributed by atoms with Crippen LogP contribution in [0.1, 0.15) is 80.5 Å². The predicted octanol–water partition coefficient (Wildman–Crippen LogP) is 7.64. The van der Waals surface area contributed by atoms with Gasteiger partial charge in [-0.1, -0.05) is 74.7 Å². The van der Waals surface area contributed by atoms with Crippen molar-refractivity contribution in [2.24, 2.45) is 0 Å². The first kappa shape index (κ1) is 29.6. The molecule has 0 saturated heterocycles. The summed E-state index contributed by atoms with van der Waals surface area (Å²) in [6.07, 6.45) is 4.48. The molecule has 3 aromatic rings. The summed E-state index contributed by atoms with van der Waals surface area (Å²) >= 11 is 0. The van der Waals surface area contributed by atoms with Crippen LogP contribution in [0.4, 0.5) is 0 Å². The molecule has 6 heteroatoms. The van der Waals surface area contributed by atoms with Crippen molar-refractivity contribution in [2.75, 3.05) is 6.61 Å². The Kier molecular flexibility index (Phi) is 11.3. The van der Waals surface area contributed by atoms with Crippen LogP contribution in [0, 0.1) is 0 Å². The van der Waals surface area contributed by atoms with Crippen molar-refractivity contribution >= 4 is 17.9 Å². The zero-order valence-corrected chi connectivity index (χ0v) is 23.3. The summed E-state index contributed by atoms with van der Waals surface area (Å²) < 4.78 is 15.7. The minimum Gasteiger partial charge on any atom is -0.463 e. The zero-order chi connectivity index (χ0) is 28.2. The van der Waals surface area contributed by atoms with Gasteiger partial charge in [0, 0.05) is 0 Å². The molecule has 0 aliphatic rings. The lowest BCUT2D eigenvalue weighted by molar-refractivity contribution is -0.152. The standard InChI is InChI=1S/C33H38O6/c1-5-7-8-9-10-23(3)38-32(35)29-19-15-27(16-20-29)25-11-13-26(14-12-25)28-17-21-30(22-18-28)33(36)39-24(4)31(34)37-6-2/h11-24H,5-10H2,1-4H3/t23-,24+/m1/s1. The highest BCUT2D eigenvalue weighted by Crippen LogP contribution is 2.26. The third kappa shape index (κ3) is 8.81. The Morgan fingerprint density at radius 2 is 1.05 bits per heavy atom. The molecule has 0 aliphatic carbocycles. The lowest BCUT2D eigenvalue weighted by atomic mass is 9.99. The minimum absolute atomic E-state index is 0.0885. The van der Waals surface area contributed by atoms with Gasteiger partial charge in [-0.2, -0.15) is 0 Å². The van der Waals surface area contributed by atoms with Crippen molar-refractivity contribution in [3.8, 4) is 22.3 Å². The van der Waals surface area contributed by atoms with Crippen molar-refractivity contribution in [1.82, 2.24) is 0 Å². The second-order valence-electron chi connectivity index (χ2n) is 9.60. The van der Waals surface area contributed by atoms with Crippen molar-refractivity contribution in [1.29, 1.82) is 0 Å². The van der Waals surface area contributed by atoms with E-state index in [1.807, 2.05) is 55.5 Å². The number of hydrogen-bond donors (Lipinski definition) is 0. The van der Waals surface area contributed by atoms with Gasteiger partial charge < -0.3 is 14.2 Å². The van der Waals surface area contributed by atoms with Gasteiger partial charge in [-0.15, -0.1) is 0 Å². The number of carbonyl (C=O) groups is 3. The molecule has 0 radical (unpaired) electrons. The Labute approximate surface area is 231 Å². The second-order valence-corrected chi connectivity index (χ2v) is 9.60. The molecule has 3 rings (SSSR count). The van der Waals surface area contributed by atoms with Gasteiger partial charge in [-0.25, -0.2) is 14.4 Å². The van der Waals surface area contributed by atoms with Crippen molar-refractivity contribution in [3.05, 3.63) is 83.9 Å². The number of ether oxygens (including phenoxy) is 3. The summed E-state index contributed by atoms with van der Waals surface area (Å²) in [5.41, 5.74) is 4.86. The SMILES string of the molecule is CCCCCC[C@@H](C)OC(=O)c1ccc(-c2ccc(-c3ccc(C(=O)O[C@@H](C)C(=O)OCC)cc3)cc2)cc1. The van der Waals surface area contributed by atoms with Gasteiger partial charge in [0.25, 0.3) is 0 Å². The van der Waals surface area contributed by atoms with E-state index in [9.17, 15) is 14.4 Å². The highest BCUT2D eigenvalue weighted by molar-refractivity contribution is 5.92. The molecule has 0 N–H and O–H groups in total. The van der Waals surface area contributed by atoms with Crippen LogP contribution >= 0.6 is 0 Å². The maximum atomic E-state index is 12.5. The fraction of sp³-hybridized carbons (Fsp3) is 0.364. The molecule has 0 fully saturated rings. The minimum atomic E-state index is -0.965. The second kappa shape index (κ2) is 14.9. The summed E-state index contributed by atoms with van der Waals surface area (Å²) in [6, 6.07) is 22.5. The Balaban J connectivity index is 1.57. The van der Waals surface area contributed by atoms with Gasteiger partial charge >= 0.3 is 17.9 Å². The van der Waals surface area contributed by atoms with Crippen molar-refractivity contribution in [2.45, 2.75) is 72.0 Å². The maximum Gasteiger partial charge on any atom is 0.347 e. The van der Waals surface area contributed by atoms with Gasteiger partial charge in [0.2, 0.25) is 0 Å². The molecule has 3 aromatic carbocycles. The van der Waals surface area contributed by atoms with E-state index in [1.54, 1.807) is 31.2 Å². The van der Waals surface area contributed by atoms with Gasteiger partial charge in [0.05, 0.1) is 23.8 Å². The molecule has 0 bridgehead atoms. The number of carbonyl (C=O) groups excluding carboxylic acids is 3. The van der Waals surface area contributed by atoms with E-state index >= 15 is 0 Å². The summed E-state index contributed by atoms with van der Waals surface area (Å²) in [5.74, 6) is -1.44. The lowest BCUT2D eigenvalue weighted by Crippen LogP contribution is -2.26. The molecule has 0 saturated carbocycles. The number of rotatable bonds is 13. The molecule has 39 heavy (non-hydrogen) atoms. The largest absolute Gasteiger partial charge is 0.463 e. The van der Waals surface area contributed by atoms with Gasteiger partial charge in [0.1, 0.15) is 0 Å². The Morgan fingerprint density at radius 3 is 1.49 bits per heavy atom. The first-order chi connectivity index (χ1) is 18.8. The molecular weight excluding hydrogens is 492 g/mol. The summed E-state index contributed by atoms with van der Waals surface area (Å²) in [6.45, 7) is 7.55. The van der Waals surface area contributed by atoms with Gasteiger partial charge in [-0.3, -0.25) is 0 Å². The quantitative estimate of drug-likeness (QED) is 0.128. The number of hydrogen-bond acceptors (Lipinski definition) is 6. The molecule has 0 unspecified atom stereocenters. The molecule has 6 nitrogen and oxygen atoms in total. The van der Waals surface area contributed by atoms with E-state index < -0.39 is 18.0 Å².